The van der Waals surface area contributed by atoms with Crippen molar-refractivity contribution >= 4 is 23.3 Å². The van der Waals surface area contributed by atoms with Crippen molar-refractivity contribution in [1.29, 1.82) is 0 Å². The van der Waals surface area contributed by atoms with Crippen LogP contribution in [0, 0.1) is 0 Å². The number of aromatic nitrogens is 1. The number of hydrogen-bond acceptors (Lipinski definition) is 5. The normalized spacial score (nSPS) is 9.78. The van der Waals surface area contributed by atoms with Crippen LogP contribution in [0.15, 0.2) is 55.3 Å². The number of methoxy groups -OCH3 is 1. The minimum absolute atomic E-state index is 0.272. The van der Waals surface area contributed by atoms with Gasteiger partial charge >= 0.3 is 5.97 Å². The number of carbonyl (C=O) groups excluding carboxylic acids is 2. The Morgan fingerprint density at radius 3 is 2.70 bits per heavy atom. The molecule has 0 bridgehead atoms. The Morgan fingerprint density at radius 1 is 1.26 bits per heavy atom. The van der Waals surface area contributed by atoms with E-state index in [1.54, 1.807) is 42.5 Å². The number of anilines is 2. The monoisotopic (exact) mass is 311 g/mol. The molecule has 0 saturated heterocycles. The summed E-state index contributed by atoms with van der Waals surface area (Å²) in [6, 6.07) is 10.3. The molecule has 23 heavy (non-hydrogen) atoms. The molecule has 1 aromatic heterocycles. The van der Waals surface area contributed by atoms with Gasteiger partial charge in [-0.1, -0.05) is 18.2 Å². The molecule has 2 aromatic rings. The molecule has 2 N–H and O–H groups in total. The van der Waals surface area contributed by atoms with Crippen LogP contribution >= 0.6 is 0 Å². The summed E-state index contributed by atoms with van der Waals surface area (Å²) < 4.78 is 4.75. The molecule has 0 saturated carbocycles. The molecule has 118 valence electrons. The lowest BCUT2D eigenvalue weighted by atomic mass is 10.1. The van der Waals surface area contributed by atoms with Crippen LogP contribution in [0.1, 0.15) is 20.8 Å². The second-order valence-corrected chi connectivity index (χ2v) is 4.59. The molecule has 0 fully saturated rings. The molecule has 1 heterocycles. The van der Waals surface area contributed by atoms with Crippen molar-refractivity contribution in [1.82, 2.24) is 10.3 Å². The first-order chi connectivity index (χ1) is 11.2. The lowest BCUT2D eigenvalue weighted by Gasteiger charge is -2.10. The molecule has 2 rings (SSSR count). The third-order valence-electron chi connectivity index (χ3n) is 3.01. The lowest BCUT2D eigenvalue weighted by Crippen LogP contribution is -2.24. The summed E-state index contributed by atoms with van der Waals surface area (Å²) in [6.45, 7) is 3.92. The van der Waals surface area contributed by atoms with Gasteiger partial charge in [0.05, 0.1) is 30.2 Å². The van der Waals surface area contributed by atoms with Crippen LogP contribution in [-0.2, 0) is 4.74 Å². The number of ether oxygens (including phenoxy) is 1. The number of para-hydroxylation sites is 1. The van der Waals surface area contributed by atoms with Crippen molar-refractivity contribution in [3.05, 3.63) is 66.5 Å². The van der Waals surface area contributed by atoms with Crippen molar-refractivity contribution < 1.29 is 14.3 Å². The molecule has 0 aliphatic rings. The highest BCUT2D eigenvalue weighted by Gasteiger charge is 2.11. The van der Waals surface area contributed by atoms with Crippen molar-refractivity contribution in [2.75, 3.05) is 19.0 Å². The molecular weight excluding hydrogens is 294 g/mol. The third kappa shape index (κ3) is 4.16. The smallest absolute Gasteiger partial charge is 0.339 e. The first-order valence-corrected chi connectivity index (χ1v) is 6.95. The highest BCUT2D eigenvalue weighted by Crippen LogP contribution is 2.21. The predicted molar refractivity (Wildman–Crippen MR) is 87.8 cm³/mol. The lowest BCUT2D eigenvalue weighted by molar-refractivity contribution is 0.0601. The fourth-order valence-electron chi connectivity index (χ4n) is 1.89. The predicted octanol–water partition coefficient (Wildman–Crippen LogP) is 2.53. The summed E-state index contributed by atoms with van der Waals surface area (Å²) in [5.74, 6) is -0.701. The van der Waals surface area contributed by atoms with Gasteiger partial charge in [0.2, 0.25) is 0 Å². The first-order valence-electron chi connectivity index (χ1n) is 6.95. The van der Waals surface area contributed by atoms with Crippen LogP contribution in [-0.4, -0.2) is 30.5 Å². The number of esters is 1. The number of nitrogens with zero attached hydrogens (tertiary/aromatic N) is 1. The van der Waals surface area contributed by atoms with Crippen LogP contribution in [0.5, 0.6) is 0 Å². The van der Waals surface area contributed by atoms with Gasteiger partial charge in [0.25, 0.3) is 5.91 Å². The highest BCUT2D eigenvalue weighted by molar-refractivity contribution is 5.96. The van der Waals surface area contributed by atoms with Crippen molar-refractivity contribution in [2.45, 2.75) is 0 Å². The number of benzene rings is 1. The molecule has 6 heteroatoms. The number of amides is 1. The van der Waals surface area contributed by atoms with Crippen LogP contribution in [0.2, 0.25) is 0 Å². The Bertz CT molecular complexity index is 711. The van der Waals surface area contributed by atoms with Crippen molar-refractivity contribution in [2.24, 2.45) is 0 Å². The van der Waals surface area contributed by atoms with E-state index >= 15 is 0 Å². The van der Waals surface area contributed by atoms with Crippen LogP contribution in [0.25, 0.3) is 0 Å². The van der Waals surface area contributed by atoms with Gasteiger partial charge in [0.15, 0.2) is 0 Å². The van der Waals surface area contributed by atoms with Crippen molar-refractivity contribution in [3.8, 4) is 0 Å². The van der Waals surface area contributed by atoms with Crippen molar-refractivity contribution in [3.63, 3.8) is 0 Å². The van der Waals surface area contributed by atoms with Crippen LogP contribution in [0.3, 0.4) is 0 Å². The van der Waals surface area contributed by atoms with Gasteiger partial charge in [-0.2, -0.15) is 0 Å². The minimum atomic E-state index is -0.429. The summed E-state index contributed by atoms with van der Waals surface area (Å²) in [4.78, 5) is 27.6. The summed E-state index contributed by atoms with van der Waals surface area (Å²) in [5, 5.41) is 5.73. The van der Waals surface area contributed by atoms with Crippen LogP contribution in [0.4, 0.5) is 11.4 Å². The molecule has 0 atom stereocenters. The molecular formula is C17H17N3O3. The summed E-state index contributed by atoms with van der Waals surface area (Å²) in [5.41, 5.74) is 1.98. The fraction of sp³-hybridized carbons (Fsp3) is 0.118. The van der Waals surface area contributed by atoms with Gasteiger partial charge < -0.3 is 15.4 Å². The molecule has 1 aromatic carbocycles. The number of pyridine rings is 1. The maximum Gasteiger partial charge on any atom is 0.339 e. The topological polar surface area (TPSA) is 80.3 Å². The van der Waals surface area contributed by atoms with Gasteiger partial charge in [-0.15, -0.1) is 6.58 Å². The Kier molecular flexibility index (Phi) is 5.46. The summed E-state index contributed by atoms with van der Waals surface area (Å²) in [6.07, 6.45) is 3.12. The van der Waals surface area contributed by atoms with Gasteiger partial charge in [0, 0.05) is 6.54 Å². The number of rotatable bonds is 6. The second kappa shape index (κ2) is 7.74. The number of hydrogen-bond donors (Lipinski definition) is 2. The fourth-order valence-corrected chi connectivity index (χ4v) is 1.89. The quantitative estimate of drug-likeness (QED) is 0.633. The molecule has 0 radical (unpaired) electrons. The van der Waals surface area contributed by atoms with E-state index in [-0.39, 0.29) is 5.91 Å². The zero-order valence-corrected chi connectivity index (χ0v) is 12.7. The Labute approximate surface area is 134 Å². The number of nitrogens with one attached hydrogen (secondary N) is 2. The van der Waals surface area contributed by atoms with E-state index in [0.29, 0.717) is 29.2 Å². The maximum absolute atomic E-state index is 11.8. The average molecular weight is 311 g/mol. The Hall–Kier alpha value is -3.15. The minimum Gasteiger partial charge on any atom is -0.465 e. The van der Waals surface area contributed by atoms with E-state index in [1.807, 2.05) is 0 Å². The Balaban J connectivity index is 2.14. The molecule has 0 spiro atoms. The second-order valence-electron chi connectivity index (χ2n) is 4.59. The van der Waals surface area contributed by atoms with Gasteiger partial charge in [-0.25, -0.2) is 9.78 Å². The SMILES string of the molecule is C=CCNC(=O)c1ccc(Nc2ccccc2C(=O)OC)cn1. The standard InChI is InChI=1S/C17H17N3O3/c1-3-10-18-16(21)15-9-8-12(11-19-15)20-14-7-5-4-6-13(14)17(22)23-2/h3-9,11,20H,1,10H2,2H3,(H,18,21). The highest BCUT2D eigenvalue weighted by atomic mass is 16.5. The largest absolute Gasteiger partial charge is 0.465 e. The van der Waals surface area contributed by atoms with E-state index in [9.17, 15) is 9.59 Å². The molecule has 1 amide bonds. The van der Waals surface area contributed by atoms with E-state index < -0.39 is 5.97 Å². The summed E-state index contributed by atoms with van der Waals surface area (Å²) in [7, 11) is 1.33. The van der Waals surface area contributed by atoms with E-state index in [0.717, 1.165) is 0 Å². The molecule has 0 aliphatic carbocycles. The van der Waals surface area contributed by atoms with Gasteiger partial charge in [-0.05, 0) is 24.3 Å². The van der Waals surface area contributed by atoms with Gasteiger partial charge in [0.1, 0.15) is 5.69 Å². The van der Waals surface area contributed by atoms with Gasteiger partial charge in [-0.3, -0.25) is 4.79 Å². The first kappa shape index (κ1) is 16.2. The van der Waals surface area contributed by atoms with E-state index in [2.05, 4.69) is 22.2 Å². The zero-order valence-electron chi connectivity index (χ0n) is 12.7. The van der Waals surface area contributed by atoms with E-state index in [4.69, 9.17) is 4.74 Å². The van der Waals surface area contributed by atoms with Crippen LogP contribution < -0.4 is 10.6 Å². The zero-order chi connectivity index (χ0) is 16.7. The Morgan fingerprint density at radius 2 is 2.04 bits per heavy atom. The molecule has 6 nitrogen and oxygen atoms in total. The average Bonchev–Trinajstić information content (AvgIpc) is 2.60. The molecule has 0 unspecified atom stereocenters. The van der Waals surface area contributed by atoms with E-state index in [1.165, 1.54) is 13.3 Å². The third-order valence-corrected chi connectivity index (χ3v) is 3.01. The summed E-state index contributed by atoms with van der Waals surface area (Å²) >= 11 is 0. The number of carbonyl (C=O) groups is 2. The molecule has 0 aliphatic heterocycles. The maximum atomic E-state index is 11.8.